The van der Waals surface area contributed by atoms with Crippen molar-refractivity contribution in [1.82, 2.24) is 4.90 Å². The number of Topliss-reactive ketones (excluding diaryl/α,β-unsaturated/α-hetero) is 1. The van der Waals surface area contributed by atoms with E-state index in [-0.39, 0.29) is 29.8 Å². The molecular weight excluding hydrogens is 325 g/mol. The van der Waals surface area contributed by atoms with Crippen molar-refractivity contribution in [1.29, 1.82) is 0 Å². The number of hydrogen-bond donors (Lipinski definition) is 0. The van der Waals surface area contributed by atoms with E-state index in [0.29, 0.717) is 22.9 Å². The highest BCUT2D eigenvalue weighted by Gasteiger charge is 2.53. The molecule has 0 radical (unpaired) electrons. The second kappa shape index (κ2) is 5.84. The number of hydrogen-bond acceptors (Lipinski definition) is 4. The molecule has 0 amide bonds. The molecular formula is C16H17Cl2NO3. The van der Waals surface area contributed by atoms with Crippen LogP contribution >= 0.6 is 23.2 Å². The monoisotopic (exact) mass is 341 g/mol. The van der Waals surface area contributed by atoms with Gasteiger partial charge in [0.1, 0.15) is 0 Å². The SMILES string of the molecule is COC(=O)[C@@H]1C[C@@H](c2ccc(Cl)c(Cl)c2)C2CC(=O)C1N2C. The Morgan fingerprint density at radius 1 is 1.32 bits per heavy atom. The molecule has 2 heterocycles. The molecule has 0 N–H and O–H groups in total. The molecule has 3 rings (SSSR count). The van der Waals surface area contributed by atoms with Gasteiger partial charge >= 0.3 is 5.97 Å². The first-order valence-corrected chi connectivity index (χ1v) is 7.97. The fraction of sp³-hybridized carbons (Fsp3) is 0.500. The smallest absolute Gasteiger partial charge is 0.310 e. The van der Waals surface area contributed by atoms with Crippen LogP contribution in [0.1, 0.15) is 24.3 Å². The van der Waals surface area contributed by atoms with E-state index in [1.54, 1.807) is 6.07 Å². The fourth-order valence-electron chi connectivity index (χ4n) is 3.88. The molecule has 118 valence electrons. The van der Waals surface area contributed by atoms with Gasteiger partial charge in [0.25, 0.3) is 0 Å². The topological polar surface area (TPSA) is 46.6 Å². The molecule has 22 heavy (non-hydrogen) atoms. The van der Waals surface area contributed by atoms with Gasteiger partial charge in [-0.25, -0.2) is 0 Å². The third-order valence-electron chi connectivity index (χ3n) is 4.93. The molecule has 1 aromatic carbocycles. The van der Waals surface area contributed by atoms with Gasteiger partial charge in [-0.3, -0.25) is 14.5 Å². The van der Waals surface area contributed by atoms with Crippen LogP contribution in [-0.4, -0.2) is 42.9 Å². The van der Waals surface area contributed by atoms with E-state index in [1.807, 2.05) is 24.1 Å². The number of ether oxygens (including phenoxy) is 1. The molecule has 6 heteroatoms. The van der Waals surface area contributed by atoms with E-state index >= 15 is 0 Å². The summed E-state index contributed by atoms with van der Waals surface area (Å²) in [4.78, 5) is 26.4. The number of nitrogens with zero attached hydrogens (tertiary/aromatic N) is 1. The highest BCUT2D eigenvalue weighted by molar-refractivity contribution is 6.42. The summed E-state index contributed by atoms with van der Waals surface area (Å²) in [5, 5.41) is 0.988. The van der Waals surface area contributed by atoms with Crippen molar-refractivity contribution in [3.05, 3.63) is 33.8 Å². The lowest BCUT2D eigenvalue weighted by molar-refractivity contribution is -0.151. The lowest BCUT2D eigenvalue weighted by Crippen LogP contribution is -2.50. The second-order valence-corrected chi connectivity index (χ2v) is 6.81. The third kappa shape index (κ3) is 2.43. The van der Waals surface area contributed by atoms with Gasteiger partial charge in [0.2, 0.25) is 0 Å². The normalized spacial score (nSPS) is 31.4. The molecule has 1 aromatic rings. The number of carbonyl (C=O) groups excluding carboxylic acids is 2. The quantitative estimate of drug-likeness (QED) is 0.776. The third-order valence-corrected chi connectivity index (χ3v) is 5.67. The predicted molar refractivity (Wildman–Crippen MR) is 84.3 cm³/mol. The summed E-state index contributed by atoms with van der Waals surface area (Å²) in [6.45, 7) is 0. The first-order valence-electron chi connectivity index (χ1n) is 7.21. The lowest BCUT2D eigenvalue weighted by Gasteiger charge is -2.40. The number of piperidine rings is 1. The van der Waals surface area contributed by atoms with Crippen molar-refractivity contribution < 1.29 is 14.3 Å². The molecule has 4 atom stereocenters. The predicted octanol–water partition coefficient (Wildman–Crippen LogP) is 2.91. The average molecular weight is 342 g/mol. The van der Waals surface area contributed by atoms with Crippen molar-refractivity contribution >= 4 is 35.0 Å². The number of likely N-dealkylation sites (N-methyl/N-ethyl adjacent to an activating group) is 1. The van der Waals surface area contributed by atoms with Crippen LogP contribution in [0.15, 0.2) is 18.2 Å². The van der Waals surface area contributed by atoms with Crippen LogP contribution in [0.3, 0.4) is 0 Å². The zero-order valence-electron chi connectivity index (χ0n) is 12.4. The summed E-state index contributed by atoms with van der Waals surface area (Å²) in [5.41, 5.74) is 1.01. The van der Waals surface area contributed by atoms with E-state index in [2.05, 4.69) is 0 Å². The first kappa shape index (κ1) is 15.8. The number of fused-ring (bicyclic) bond motifs is 2. The number of ketones is 1. The molecule has 2 aliphatic heterocycles. The van der Waals surface area contributed by atoms with Crippen molar-refractivity contribution in [2.45, 2.75) is 30.8 Å². The molecule has 4 nitrogen and oxygen atoms in total. The average Bonchev–Trinajstić information content (AvgIpc) is 2.69. The van der Waals surface area contributed by atoms with Gasteiger partial charge in [-0.15, -0.1) is 0 Å². The second-order valence-electron chi connectivity index (χ2n) is 5.99. The number of halogens is 2. The maximum absolute atomic E-state index is 12.3. The molecule has 2 aliphatic rings. The molecule has 2 unspecified atom stereocenters. The van der Waals surface area contributed by atoms with Crippen molar-refractivity contribution in [2.75, 3.05) is 14.2 Å². The summed E-state index contributed by atoms with van der Waals surface area (Å²) in [6.07, 6.45) is 1.05. The Labute approximate surface area is 139 Å². The maximum Gasteiger partial charge on any atom is 0.310 e. The molecule has 0 saturated carbocycles. The zero-order chi connectivity index (χ0) is 16.0. The number of esters is 1. The molecule has 0 spiro atoms. The van der Waals surface area contributed by atoms with E-state index in [9.17, 15) is 9.59 Å². The van der Waals surface area contributed by atoms with E-state index < -0.39 is 5.92 Å². The van der Waals surface area contributed by atoms with Gasteiger partial charge < -0.3 is 4.74 Å². The summed E-state index contributed by atoms with van der Waals surface area (Å²) in [5.74, 6) is -0.576. The highest BCUT2D eigenvalue weighted by atomic mass is 35.5. The Morgan fingerprint density at radius 2 is 2.05 bits per heavy atom. The Morgan fingerprint density at radius 3 is 2.68 bits per heavy atom. The lowest BCUT2D eigenvalue weighted by atomic mass is 9.79. The maximum atomic E-state index is 12.3. The standard InChI is InChI=1S/C16H17Cl2NO3/c1-19-13-7-14(20)15(19)10(16(21)22-2)6-9(13)8-3-4-11(17)12(18)5-8/h3-5,9-10,13,15H,6-7H2,1-2H3/t9-,10+,13?,15?/m0/s1. The van der Waals surface area contributed by atoms with E-state index in [1.165, 1.54) is 7.11 Å². The minimum atomic E-state index is -0.430. The molecule has 0 aromatic heterocycles. The van der Waals surface area contributed by atoms with Gasteiger partial charge in [-0.1, -0.05) is 29.3 Å². The molecule has 2 fully saturated rings. The molecule has 2 saturated heterocycles. The summed E-state index contributed by atoms with van der Waals surface area (Å²) in [6, 6.07) is 5.24. The van der Waals surface area contributed by atoms with Crippen LogP contribution in [0.25, 0.3) is 0 Å². The van der Waals surface area contributed by atoms with Gasteiger partial charge in [0.15, 0.2) is 5.78 Å². The Balaban J connectivity index is 1.99. The van der Waals surface area contributed by atoms with Crippen molar-refractivity contribution in [3.63, 3.8) is 0 Å². The van der Waals surface area contributed by atoms with Gasteiger partial charge in [-0.05, 0) is 31.2 Å². The first-order chi connectivity index (χ1) is 10.4. The summed E-state index contributed by atoms with van der Waals surface area (Å²) >= 11 is 12.1. The fourth-order valence-corrected chi connectivity index (χ4v) is 4.18. The summed E-state index contributed by atoms with van der Waals surface area (Å²) < 4.78 is 4.90. The Kier molecular flexibility index (Phi) is 4.19. The highest BCUT2D eigenvalue weighted by Crippen LogP contribution is 2.45. The number of rotatable bonds is 2. The van der Waals surface area contributed by atoms with Crippen LogP contribution in [0.4, 0.5) is 0 Å². The van der Waals surface area contributed by atoms with E-state index in [0.717, 1.165) is 5.56 Å². The van der Waals surface area contributed by atoms with Crippen LogP contribution in [0, 0.1) is 5.92 Å². The number of methoxy groups -OCH3 is 1. The van der Waals surface area contributed by atoms with Crippen LogP contribution in [0.2, 0.25) is 10.0 Å². The minimum absolute atomic E-state index is 0.0616. The van der Waals surface area contributed by atoms with Crippen molar-refractivity contribution in [3.8, 4) is 0 Å². The van der Waals surface area contributed by atoms with Crippen LogP contribution in [0.5, 0.6) is 0 Å². The van der Waals surface area contributed by atoms with Crippen molar-refractivity contribution in [2.24, 2.45) is 5.92 Å². The Hall–Kier alpha value is -1.10. The number of benzene rings is 1. The van der Waals surface area contributed by atoms with Gasteiger partial charge in [0, 0.05) is 18.4 Å². The Bertz CT molecular complexity index is 634. The molecule has 0 aliphatic carbocycles. The van der Waals surface area contributed by atoms with Gasteiger partial charge in [-0.2, -0.15) is 0 Å². The van der Waals surface area contributed by atoms with Gasteiger partial charge in [0.05, 0.1) is 29.1 Å². The zero-order valence-corrected chi connectivity index (χ0v) is 13.9. The number of carbonyl (C=O) groups is 2. The minimum Gasteiger partial charge on any atom is -0.469 e. The van der Waals surface area contributed by atoms with Crippen LogP contribution in [-0.2, 0) is 14.3 Å². The van der Waals surface area contributed by atoms with E-state index in [4.69, 9.17) is 27.9 Å². The largest absolute Gasteiger partial charge is 0.469 e. The summed E-state index contributed by atoms with van der Waals surface area (Å²) in [7, 11) is 3.27. The molecule has 2 bridgehead atoms. The van der Waals surface area contributed by atoms with Crippen LogP contribution < -0.4 is 0 Å².